The molecule has 4 rings (SSSR count). The van der Waals surface area contributed by atoms with E-state index >= 15 is 0 Å². The highest BCUT2D eigenvalue weighted by atomic mass is 19.4. The van der Waals surface area contributed by atoms with Crippen molar-refractivity contribution in [2.75, 3.05) is 6.61 Å². The van der Waals surface area contributed by atoms with Gasteiger partial charge in [-0.15, -0.1) is 0 Å². The Balaban J connectivity index is 1.73. The van der Waals surface area contributed by atoms with Crippen LogP contribution < -0.4 is 0 Å². The number of ether oxygens (including phenoxy) is 6. The Morgan fingerprint density at radius 2 is 1.25 bits per heavy atom. The highest BCUT2D eigenvalue weighted by Crippen LogP contribution is 2.33. The van der Waals surface area contributed by atoms with E-state index in [1.165, 1.54) is 31.2 Å². The molecule has 0 N–H and O–H groups in total. The zero-order valence-corrected chi connectivity index (χ0v) is 24.0. The Bertz CT molecular complexity index is 1370. The fourth-order valence-electron chi connectivity index (χ4n) is 4.43. The van der Waals surface area contributed by atoms with E-state index in [9.17, 15) is 22.8 Å². The van der Waals surface area contributed by atoms with Crippen molar-refractivity contribution in [1.82, 2.24) is 0 Å². The van der Waals surface area contributed by atoms with E-state index < -0.39 is 61.3 Å². The van der Waals surface area contributed by atoms with Crippen LogP contribution in [0, 0.1) is 0 Å². The second-order valence-corrected chi connectivity index (χ2v) is 9.81. The molecule has 0 unspecified atom stereocenters. The summed E-state index contributed by atoms with van der Waals surface area (Å²) in [6, 6.07) is 25.3. The lowest BCUT2D eigenvalue weighted by molar-refractivity contribution is -0.308. The summed E-state index contributed by atoms with van der Waals surface area (Å²) in [6.07, 6.45) is -12.0. The SMILES string of the molecule is CC(=O)OC[C@H]1O[C@@H](OC(=Nc2ccccc2)C(F)(F)F)[C@H](OCc2ccccc2)[C@@H](OC(C)=O)[C@@H]1OCc1ccccc1. The average molecular weight is 616 g/mol. The monoisotopic (exact) mass is 615 g/mol. The number of rotatable bonds is 11. The zero-order valence-electron chi connectivity index (χ0n) is 24.0. The summed E-state index contributed by atoms with van der Waals surface area (Å²) in [7, 11) is 0. The van der Waals surface area contributed by atoms with Crippen LogP contribution in [0.4, 0.5) is 18.9 Å². The van der Waals surface area contributed by atoms with Crippen molar-refractivity contribution in [3.05, 3.63) is 102 Å². The molecule has 1 heterocycles. The fraction of sp³-hybridized carbons (Fsp3) is 0.344. The van der Waals surface area contributed by atoms with Crippen LogP contribution >= 0.6 is 0 Å². The van der Waals surface area contributed by atoms with E-state index in [0.29, 0.717) is 5.56 Å². The van der Waals surface area contributed by atoms with Gasteiger partial charge in [-0.3, -0.25) is 9.59 Å². The van der Waals surface area contributed by atoms with E-state index in [1.807, 2.05) is 6.07 Å². The topological polar surface area (TPSA) is 102 Å². The molecule has 1 fully saturated rings. The first kappa shape index (κ1) is 32.6. The molecule has 0 bridgehead atoms. The molecule has 1 aliphatic rings. The third-order valence-corrected chi connectivity index (χ3v) is 6.37. The van der Waals surface area contributed by atoms with Gasteiger partial charge in [-0.1, -0.05) is 78.9 Å². The standard InChI is InChI=1S/C32H32F3NO8/c1-21(37)39-20-26-27(40-18-23-12-6-3-7-13-23)28(42-22(2)38)29(41-19-24-14-8-4-9-15-24)30(43-26)44-31(32(33,34)35)36-25-16-10-5-11-17-25/h3-17,26-30H,18-20H2,1-2H3/t26-,27-,28+,29-,30+/m1/s1. The molecule has 3 aromatic carbocycles. The normalized spacial score (nSPS) is 22.2. The van der Waals surface area contributed by atoms with Gasteiger partial charge >= 0.3 is 18.1 Å². The minimum Gasteiger partial charge on any atom is -0.463 e. The summed E-state index contributed by atoms with van der Waals surface area (Å²) >= 11 is 0. The van der Waals surface area contributed by atoms with Gasteiger partial charge in [-0.25, -0.2) is 4.99 Å². The maximum atomic E-state index is 14.3. The largest absolute Gasteiger partial charge is 0.468 e. The van der Waals surface area contributed by atoms with Gasteiger partial charge in [-0.05, 0) is 23.3 Å². The molecule has 3 aromatic rings. The molecule has 5 atom stereocenters. The first-order valence-electron chi connectivity index (χ1n) is 13.7. The quantitative estimate of drug-likeness (QED) is 0.154. The Morgan fingerprint density at radius 1 is 0.727 bits per heavy atom. The van der Waals surface area contributed by atoms with Crippen molar-refractivity contribution in [2.45, 2.75) is 63.9 Å². The van der Waals surface area contributed by atoms with Gasteiger partial charge in [0, 0.05) is 13.8 Å². The lowest BCUT2D eigenvalue weighted by atomic mass is 9.98. The number of aliphatic imine (C=N–C) groups is 1. The number of benzene rings is 3. The van der Waals surface area contributed by atoms with Crippen molar-refractivity contribution in [2.24, 2.45) is 4.99 Å². The third-order valence-electron chi connectivity index (χ3n) is 6.37. The number of para-hydroxylation sites is 1. The maximum absolute atomic E-state index is 14.3. The van der Waals surface area contributed by atoms with Crippen LogP contribution in [0.2, 0.25) is 0 Å². The number of alkyl halides is 3. The molecule has 1 saturated heterocycles. The summed E-state index contributed by atoms with van der Waals surface area (Å²) in [5.41, 5.74) is 1.43. The van der Waals surface area contributed by atoms with Crippen LogP contribution in [-0.4, -0.2) is 61.3 Å². The van der Waals surface area contributed by atoms with Gasteiger partial charge < -0.3 is 28.4 Å². The van der Waals surface area contributed by atoms with Crippen LogP contribution in [-0.2, 0) is 51.2 Å². The number of hydrogen-bond donors (Lipinski definition) is 0. The number of nitrogens with zero attached hydrogens (tertiary/aromatic N) is 1. The number of esters is 2. The fourth-order valence-corrected chi connectivity index (χ4v) is 4.43. The summed E-state index contributed by atoms with van der Waals surface area (Å²) < 4.78 is 77.2. The first-order valence-corrected chi connectivity index (χ1v) is 13.7. The van der Waals surface area contributed by atoms with Crippen molar-refractivity contribution < 1.29 is 51.2 Å². The molecule has 0 aliphatic carbocycles. The molecule has 12 heteroatoms. The third kappa shape index (κ3) is 9.63. The van der Waals surface area contributed by atoms with Gasteiger partial charge in [0.2, 0.25) is 6.29 Å². The molecule has 0 amide bonds. The molecule has 0 radical (unpaired) electrons. The van der Waals surface area contributed by atoms with Gasteiger partial charge in [0.15, 0.2) is 12.2 Å². The number of carbonyl (C=O) groups excluding carboxylic acids is 2. The van der Waals surface area contributed by atoms with Crippen LogP contribution in [0.25, 0.3) is 0 Å². The molecule has 0 aromatic heterocycles. The van der Waals surface area contributed by atoms with Gasteiger partial charge in [-0.2, -0.15) is 13.2 Å². The average Bonchev–Trinajstić information content (AvgIpc) is 2.99. The Morgan fingerprint density at radius 3 is 1.75 bits per heavy atom. The molecular weight excluding hydrogens is 583 g/mol. The molecule has 0 saturated carbocycles. The summed E-state index contributed by atoms with van der Waals surface area (Å²) in [5.74, 6) is -3.03. The summed E-state index contributed by atoms with van der Waals surface area (Å²) in [5, 5.41) is 0. The summed E-state index contributed by atoms with van der Waals surface area (Å²) in [6.45, 7) is 1.80. The summed E-state index contributed by atoms with van der Waals surface area (Å²) in [4.78, 5) is 27.7. The van der Waals surface area contributed by atoms with Crippen LogP contribution in [0.5, 0.6) is 0 Å². The van der Waals surface area contributed by atoms with E-state index in [4.69, 9.17) is 28.4 Å². The van der Waals surface area contributed by atoms with Gasteiger partial charge in [0.1, 0.15) is 18.8 Å². The van der Waals surface area contributed by atoms with Gasteiger partial charge in [0.05, 0.1) is 18.9 Å². The van der Waals surface area contributed by atoms with E-state index in [-0.39, 0.29) is 18.9 Å². The molecule has 44 heavy (non-hydrogen) atoms. The van der Waals surface area contributed by atoms with E-state index in [2.05, 4.69) is 4.99 Å². The predicted octanol–water partition coefficient (Wildman–Crippen LogP) is 5.69. The minimum absolute atomic E-state index is 0.0173. The molecule has 234 valence electrons. The van der Waals surface area contributed by atoms with E-state index in [0.717, 1.165) is 12.5 Å². The molecule has 0 spiro atoms. The lowest BCUT2D eigenvalue weighted by Gasteiger charge is -2.45. The van der Waals surface area contributed by atoms with E-state index in [1.54, 1.807) is 60.7 Å². The zero-order chi connectivity index (χ0) is 31.5. The van der Waals surface area contributed by atoms with Crippen molar-refractivity contribution in [3.63, 3.8) is 0 Å². The van der Waals surface area contributed by atoms with Crippen LogP contribution in [0.15, 0.2) is 96.0 Å². The second kappa shape index (κ2) is 15.5. The Kier molecular flexibility index (Phi) is 11.5. The van der Waals surface area contributed by atoms with Crippen LogP contribution in [0.3, 0.4) is 0 Å². The lowest BCUT2D eigenvalue weighted by Crippen LogP contribution is -2.62. The van der Waals surface area contributed by atoms with Crippen molar-refractivity contribution in [3.8, 4) is 0 Å². The van der Waals surface area contributed by atoms with Crippen LogP contribution in [0.1, 0.15) is 25.0 Å². The second-order valence-electron chi connectivity index (χ2n) is 9.81. The number of carbonyl (C=O) groups is 2. The highest BCUT2D eigenvalue weighted by Gasteiger charge is 2.53. The Labute approximate surface area is 252 Å². The maximum Gasteiger partial charge on any atom is 0.468 e. The first-order chi connectivity index (χ1) is 21.1. The highest BCUT2D eigenvalue weighted by molar-refractivity contribution is 5.84. The molecule has 9 nitrogen and oxygen atoms in total. The Hall–Kier alpha value is -4.26. The smallest absolute Gasteiger partial charge is 0.463 e. The van der Waals surface area contributed by atoms with Crippen molar-refractivity contribution >= 4 is 23.5 Å². The number of hydrogen-bond acceptors (Lipinski definition) is 9. The molecular formula is C32H32F3NO8. The van der Waals surface area contributed by atoms with Crippen molar-refractivity contribution in [1.29, 1.82) is 0 Å². The van der Waals surface area contributed by atoms with Gasteiger partial charge in [0.25, 0.3) is 5.90 Å². The molecule has 1 aliphatic heterocycles. The predicted molar refractivity (Wildman–Crippen MR) is 152 cm³/mol. The minimum atomic E-state index is -5.04. The number of halogens is 3.